The Morgan fingerprint density at radius 3 is 2.27 bits per heavy atom. The molecule has 2 aromatic rings. The van der Waals surface area contributed by atoms with Crippen LogP contribution in [0.25, 0.3) is 0 Å². The Morgan fingerprint density at radius 2 is 1.76 bits per heavy atom. The van der Waals surface area contributed by atoms with Crippen LogP contribution in [0.5, 0.6) is 5.75 Å². The van der Waals surface area contributed by atoms with Crippen molar-refractivity contribution in [2.45, 2.75) is 71.0 Å². The highest BCUT2D eigenvalue weighted by Crippen LogP contribution is 2.54. The molecule has 1 heterocycles. The second-order valence-electron chi connectivity index (χ2n) is 11.8. The molecule has 1 amide bonds. The fourth-order valence-corrected chi connectivity index (χ4v) is 6.42. The summed E-state index contributed by atoms with van der Waals surface area (Å²) in [4.78, 5) is 33.0. The molecule has 3 aliphatic rings. The third kappa shape index (κ3) is 4.76. The molecule has 2 aromatic carbocycles. The van der Waals surface area contributed by atoms with Crippen LogP contribution >= 0.6 is 11.6 Å². The zero-order valence-electron chi connectivity index (χ0n) is 22.0. The lowest BCUT2D eigenvalue weighted by Gasteiger charge is -2.47. The van der Waals surface area contributed by atoms with Gasteiger partial charge < -0.3 is 14.7 Å². The molecule has 196 valence electrons. The second-order valence-corrected chi connectivity index (χ2v) is 12.2. The molecule has 0 radical (unpaired) electrons. The molecule has 6 nitrogen and oxygen atoms in total. The Labute approximate surface area is 223 Å². The standard InChI is InChI=1S/C30H35ClN2O4/c1-29(2,3)22-13-15-30(16-14-22)32-25(21-11-12-24(37-4)23(31)17-21)27(34)33(30)26(18-5-6-18)19-7-9-20(10-8-19)28(35)36/h7-12,17-18,22,26H,5-6,13-16H2,1-4H3,(H,35,36)/t22?,26-,30?/m1/s1. The number of aliphatic imine (C=N–C) groups is 1. The minimum atomic E-state index is -0.953. The molecule has 0 bridgehead atoms. The number of amides is 1. The zero-order chi connectivity index (χ0) is 26.5. The van der Waals surface area contributed by atoms with Crippen LogP contribution in [0.15, 0.2) is 47.5 Å². The van der Waals surface area contributed by atoms with E-state index in [2.05, 4.69) is 20.8 Å². The maximum absolute atomic E-state index is 14.3. The summed E-state index contributed by atoms with van der Waals surface area (Å²) in [7, 11) is 1.57. The van der Waals surface area contributed by atoms with Crippen LogP contribution in [0.2, 0.25) is 5.02 Å². The molecule has 5 rings (SSSR count). The molecule has 1 atom stereocenters. The largest absolute Gasteiger partial charge is 0.495 e. The van der Waals surface area contributed by atoms with E-state index in [-0.39, 0.29) is 22.9 Å². The summed E-state index contributed by atoms with van der Waals surface area (Å²) in [6.07, 6.45) is 5.71. The third-order valence-electron chi connectivity index (χ3n) is 8.47. The molecule has 7 heteroatoms. The average molecular weight is 523 g/mol. The molecular formula is C30H35ClN2O4. The summed E-state index contributed by atoms with van der Waals surface area (Å²) in [5.41, 5.74) is 1.96. The summed E-state index contributed by atoms with van der Waals surface area (Å²) in [6, 6.07) is 12.3. The zero-order valence-corrected chi connectivity index (χ0v) is 22.7. The van der Waals surface area contributed by atoms with E-state index in [1.54, 1.807) is 31.4 Å². The summed E-state index contributed by atoms with van der Waals surface area (Å²) in [5, 5.41) is 9.84. The van der Waals surface area contributed by atoms with E-state index in [0.29, 0.717) is 33.9 Å². The summed E-state index contributed by atoms with van der Waals surface area (Å²) >= 11 is 6.45. The van der Waals surface area contributed by atoms with Crippen LogP contribution in [0.3, 0.4) is 0 Å². The van der Waals surface area contributed by atoms with Gasteiger partial charge in [0.1, 0.15) is 17.1 Å². The number of carboxylic acids is 1. The lowest BCUT2D eigenvalue weighted by molar-refractivity contribution is -0.134. The molecule has 2 fully saturated rings. The molecule has 0 saturated heterocycles. The van der Waals surface area contributed by atoms with Crippen LogP contribution in [0.4, 0.5) is 0 Å². The number of rotatable bonds is 6. The average Bonchev–Trinajstić information content (AvgIpc) is 3.66. The topological polar surface area (TPSA) is 79.2 Å². The van der Waals surface area contributed by atoms with Gasteiger partial charge in [0.25, 0.3) is 5.91 Å². The van der Waals surface area contributed by atoms with Crippen LogP contribution in [0.1, 0.15) is 86.8 Å². The monoisotopic (exact) mass is 522 g/mol. The predicted molar refractivity (Wildman–Crippen MR) is 144 cm³/mol. The molecule has 0 aromatic heterocycles. The normalized spacial score (nSPS) is 24.8. The number of carboxylic acid groups (broad SMARTS) is 1. The van der Waals surface area contributed by atoms with Crippen molar-refractivity contribution in [1.29, 1.82) is 0 Å². The minimum absolute atomic E-state index is 0.0744. The van der Waals surface area contributed by atoms with Gasteiger partial charge in [0.05, 0.1) is 23.7 Å². The first-order chi connectivity index (χ1) is 17.5. The number of hydrogen-bond acceptors (Lipinski definition) is 4. The lowest BCUT2D eigenvalue weighted by Crippen LogP contribution is -2.52. The Balaban J connectivity index is 1.57. The quantitative estimate of drug-likeness (QED) is 0.454. The summed E-state index contributed by atoms with van der Waals surface area (Å²) < 4.78 is 5.32. The predicted octanol–water partition coefficient (Wildman–Crippen LogP) is 6.76. The Hall–Kier alpha value is -2.86. The summed E-state index contributed by atoms with van der Waals surface area (Å²) in [5.74, 6) is 0.438. The van der Waals surface area contributed by atoms with Gasteiger partial charge in [0, 0.05) is 5.56 Å². The second kappa shape index (κ2) is 9.46. The molecular weight excluding hydrogens is 488 g/mol. The van der Waals surface area contributed by atoms with Crippen molar-refractivity contribution in [1.82, 2.24) is 4.90 Å². The van der Waals surface area contributed by atoms with E-state index in [1.807, 2.05) is 23.1 Å². The van der Waals surface area contributed by atoms with Crippen LogP contribution in [-0.4, -0.2) is 40.4 Å². The van der Waals surface area contributed by atoms with Gasteiger partial charge in [-0.3, -0.25) is 9.79 Å². The number of ether oxygens (including phenoxy) is 1. The van der Waals surface area contributed by atoms with Crippen molar-refractivity contribution in [3.63, 3.8) is 0 Å². The van der Waals surface area contributed by atoms with Crippen molar-refractivity contribution in [2.24, 2.45) is 22.2 Å². The van der Waals surface area contributed by atoms with Crippen molar-refractivity contribution < 1.29 is 19.4 Å². The highest BCUT2D eigenvalue weighted by molar-refractivity contribution is 6.47. The Morgan fingerprint density at radius 1 is 1.11 bits per heavy atom. The van der Waals surface area contributed by atoms with E-state index >= 15 is 0 Å². The molecule has 37 heavy (non-hydrogen) atoms. The van der Waals surface area contributed by atoms with Gasteiger partial charge in [-0.25, -0.2) is 4.79 Å². The van der Waals surface area contributed by atoms with Gasteiger partial charge in [0.2, 0.25) is 0 Å². The van der Waals surface area contributed by atoms with Gasteiger partial charge in [-0.2, -0.15) is 0 Å². The molecule has 2 aliphatic carbocycles. The van der Waals surface area contributed by atoms with Gasteiger partial charge in [-0.15, -0.1) is 0 Å². The third-order valence-corrected chi connectivity index (χ3v) is 8.77. The number of carbonyl (C=O) groups is 2. The highest BCUT2D eigenvalue weighted by Gasteiger charge is 2.55. The smallest absolute Gasteiger partial charge is 0.335 e. The maximum Gasteiger partial charge on any atom is 0.335 e. The number of halogens is 1. The first-order valence-corrected chi connectivity index (χ1v) is 13.5. The molecule has 2 saturated carbocycles. The number of benzene rings is 2. The van der Waals surface area contributed by atoms with E-state index in [1.165, 1.54) is 0 Å². The summed E-state index contributed by atoms with van der Waals surface area (Å²) in [6.45, 7) is 6.87. The van der Waals surface area contributed by atoms with Crippen molar-refractivity contribution in [3.05, 3.63) is 64.2 Å². The van der Waals surface area contributed by atoms with E-state index in [9.17, 15) is 14.7 Å². The number of aromatic carboxylic acids is 1. The van der Waals surface area contributed by atoms with Crippen LogP contribution in [0, 0.1) is 17.3 Å². The van der Waals surface area contributed by atoms with Gasteiger partial charge in [-0.05, 0) is 91.7 Å². The van der Waals surface area contributed by atoms with Crippen LogP contribution < -0.4 is 4.74 Å². The molecule has 1 spiro atoms. The molecule has 1 N–H and O–H groups in total. The van der Waals surface area contributed by atoms with E-state index < -0.39 is 11.6 Å². The maximum atomic E-state index is 14.3. The first-order valence-electron chi connectivity index (χ1n) is 13.1. The number of hydrogen-bond donors (Lipinski definition) is 1. The van der Waals surface area contributed by atoms with Gasteiger partial charge >= 0.3 is 5.97 Å². The number of carbonyl (C=O) groups excluding carboxylic acids is 1. The fraction of sp³-hybridized carbons (Fsp3) is 0.500. The van der Waals surface area contributed by atoms with Crippen molar-refractivity contribution in [3.8, 4) is 5.75 Å². The first kappa shape index (κ1) is 25.8. The SMILES string of the molecule is COc1ccc(C2=NC3(CCC(C(C)(C)C)CC3)N([C@@H](c3ccc(C(=O)O)cc3)C3CC3)C2=O)cc1Cl. The van der Waals surface area contributed by atoms with Crippen molar-refractivity contribution in [2.75, 3.05) is 7.11 Å². The Bertz CT molecular complexity index is 1240. The lowest BCUT2D eigenvalue weighted by atomic mass is 9.69. The molecule has 0 unspecified atom stereocenters. The number of nitrogens with zero attached hydrogens (tertiary/aromatic N) is 2. The highest BCUT2D eigenvalue weighted by atomic mass is 35.5. The van der Waals surface area contributed by atoms with Gasteiger partial charge in [0.15, 0.2) is 0 Å². The minimum Gasteiger partial charge on any atom is -0.495 e. The van der Waals surface area contributed by atoms with Gasteiger partial charge in [-0.1, -0.05) is 44.5 Å². The van der Waals surface area contributed by atoms with E-state index in [4.69, 9.17) is 21.3 Å². The number of methoxy groups -OCH3 is 1. The van der Waals surface area contributed by atoms with Crippen LogP contribution in [-0.2, 0) is 4.79 Å². The van der Waals surface area contributed by atoms with Crippen molar-refractivity contribution >= 4 is 29.2 Å². The Kier molecular flexibility index (Phi) is 6.59. The van der Waals surface area contributed by atoms with E-state index in [0.717, 1.165) is 44.1 Å². The fourth-order valence-electron chi connectivity index (χ4n) is 6.17. The molecule has 1 aliphatic heterocycles.